The van der Waals surface area contributed by atoms with E-state index in [4.69, 9.17) is 11.6 Å². The SMILES string of the molecule is CC(CCNC(=O)c1cc(O)ccc1Cl)S(C)=O. The molecule has 0 saturated carbocycles. The molecule has 2 unspecified atom stereocenters. The van der Waals surface area contributed by atoms with E-state index in [9.17, 15) is 14.1 Å². The number of carbonyl (C=O) groups excluding carboxylic acids is 1. The zero-order chi connectivity index (χ0) is 13.7. The number of benzene rings is 1. The maximum atomic E-state index is 11.8. The van der Waals surface area contributed by atoms with E-state index in [1.807, 2.05) is 6.92 Å². The van der Waals surface area contributed by atoms with Crippen molar-refractivity contribution in [3.63, 3.8) is 0 Å². The van der Waals surface area contributed by atoms with Gasteiger partial charge in [-0.1, -0.05) is 18.5 Å². The first-order valence-electron chi connectivity index (χ1n) is 5.50. The molecule has 1 aromatic rings. The molecule has 0 aromatic heterocycles. The first-order valence-corrected chi connectivity index (χ1v) is 7.50. The van der Waals surface area contributed by atoms with Gasteiger partial charge in [0.25, 0.3) is 5.91 Å². The smallest absolute Gasteiger partial charge is 0.252 e. The molecule has 18 heavy (non-hydrogen) atoms. The number of phenols is 1. The first-order chi connectivity index (χ1) is 8.41. The summed E-state index contributed by atoms with van der Waals surface area (Å²) in [5, 5.41) is 12.3. The van der Waals surface area contributed by atoms with E-state index < -0.39 is 10.8 Å². The predicted molar refractivity (Wildman–Crippen MR) is 73.6 cm³/mol. The van der Waals surface area contributed by atoms with Crippen LogP contribution in [0.3, 0.4) is 0 Å². The Morgan fingerprint density at radius 3 is 2.83 bits per heavy atom. The highest BCUT2D eigenvalue weighted by atomic mass is 35.5. The Bertz CT molecular complexity index is 465. The monoisotopic (exact) mass is 289 g/mol. The average Bonchev–Trinajstić information content (AvgIpc) is 2.31. The summed E-state index contributed by atoms with van der Waals surface area (Å²) in [4.78, 5) is 11.8. The third kappa shape index (κ3) is 4.31. The van der Waals surface area contributed by atoms with Crippen molar-refractivity contribution in [1.29, 1.82) is 0 Å². The van der Waals surface area contributed by atoms with E-state index in [0.717, 1.165) is 0 Å². The third-order valence-electron chi connectivity index (χ3n) is 2.60. The van der Waals surface area contributed by atoms with Crippen molar-refractivity contribution in [2.75, 3.05) is 12.8 Å². The lowest BCUT2D eigenvalue weighted by Gasteiger charge is -2.10. The van der Waals surface area contributed by atoms with E-state index >= 15 is 0 Å². The fourth-order valence-electron chi connectivity index (χ4n) is 1.34. The Morgan fingerprint density at radius 2 is 2.22 bits per heavy atom. The van der Waals surface area contributed by atoms with Crippen LogP contribution in [0.1, 0.15) is 23.7 Å². The second-order valence-corrected chi connectivity index (χ2v) is 6.23. The third-order valence-corrected chi connectivity index (χ3v) is 4.30. The van der Waals surface area contributed by atoms with E-state index in [1.54, 1.807) is 6.26 Å². The van der Waals surface area contributed by atoms with Crippen molar-refractivity contribution >= 4 is 28.3 Å². The van der Waals surface area contributed by atoms with E-state index in [2.05, 4.69) is 5.32 Å². The maximum Gasteiger partial charge on any atom is 0.252 e. The second kappa shape index (κ2) is 6.75. The number of amides is 1. The van der Waals surface area contributed by atoms with Gasteiger partial charge in [-0.05, 0) is 24.6 Å². The summed E-state index contributed by atoms with van der Waals surface area (Å²) in [6, 6.07) is 4.20. The molecular weight excluding hydrogens is 274 g/mol. The highest BCUT2D eigenvalue weighted by Gasteiger charge is 2.12. The second-order valence-electron chi connectivity index (χ2n) is 4.02. The normalized spacial score (nSPS) is 13.9. The van der Waals surface area contributed by atoms with Gasteiger partial charge in [0.15, 0.2) is 0 Å². The molecule has 2 atom stereocenters. The van der Waals surface area contributed by atoms with Gasteiger partial charge >= 0.3 is 0 Å². The van der Waals surface area contributed by atoms with Gasteiger partial charge in [0.2, 0.25) is 0 Å². The van der Waals surface area contributed by atoms with Crippen LogP contribution in [-0.4, -0.2) is 33.3 Å². The number of aromatic hydroxyl groups is 1. The minimum Gasteiger partial charge on any atom is -0.508 e. The number of carbonyl (C=O) groups is 1. The largest absolute Gasteiger partial charge is 0.508 e. The molecule has 1 rings (SSSR count). The Hall–Kier alpha value is -1.07. The van der Waals surface area contributed by atoms with Crippen LogP contribution in [0.15, 0.2) is 18.2 Å². The maximum absolute atomic E-state index is 11.8. The standard InChI is InChI=1S/C12H16ClNO3S/c1-8(18(2)17)5-6-14-12(16)10-7-9(15)3-4-11(10)13/h3-4,7-8,15H,5-6H2,1-2H3,(H,14,16). The van der Waals surface area contributed by atoms with Crippen molar-refractivity contribution in [2.24, 2.45) is 0 Å². The topological polar surface area (TPSA) is 66.4 Å². The fourth-order valence-corrected chi connectivity index (χ4v) is 1.99. The van der Waals surface area contributed by atoms with E-state index in [1.165, 1.54) is 18.2 Å². The summed E-state index contributed by atoms with van der Waals surface area (Å²) in [5.41, 5.74) is 0.238. The summed E-state index contributed by atoms with van der Waals surface area (Å²) < 4.78 is 11.1. The fraction of sp³-hybridized carbons (Fsp3) is 0.417. The highest BCUT2D eigenvalue weighted by molar-refractivity contribution is 7.84. The highest BCUT2D eigenvalue weighted by Crippen LogP contribution is 2.20. The molecule has 2 N–H and O–H groups in total. The molecule has 0 aliphatic heterocycles. The number of hydrogen-bond acceptors (Lipinski definition) is 3. The average molecular weight is 290 g/mol. The minimum atomic E-state index is -0.895. The molecule has 0 saturated heterocycles. The van der Waals surface area contributed by atoms with Crippen molar-refractivity contribution in [3.05, 3.63) is 28.8 Å². The van der Waals surface area contributed by atoms with Crippen LogP contribution in [0.25, 0.3) is 0 Å². The zero-order valence-corrected chi connectivity index (χ0v) is 11.8. The van der Waals surface area contributed by atoms with Crippen LogP contribution < -0.4 is 5.32 Å². The van der Waals surface area contributed by atoms with Gasteiger partial charge in [0, 0.05) is 28.9 Å². The molecule has 0 aliphatic carbocycles. The lowest BCUT2D eigenvalue weighted by Crippen LogP contribution is -2.27. The van der Waals surface area contributed by atoms with E-state index in [0.29, 0.717) is 13.0 Å². The Morgan fingerprint density at radius 1 is 1.56 bits per heavy atom. The Labute approximate surface area is 114 Å². The number of hydrogen-bond donors (Lipinski definition) is 2. The van der Waals surface area contributed by atoms with Crippen molar-refractivity contribution in [3.8, 4) is 5.75 Å². The summed E-state index contributed by atoms with van der Waals surface area (Å²) in [6.45, 7) is 2.29. The van der Waals surface area contributed by atoms with Gasteiger partial charge < -0.3 is 10.4 Å². The summed E-state index contributed by atoms with van der Waals surface area (Å²) in [5.74, 6) is -0.349. The van der Waals surface area contributed by atoms with Gasteiger partial charge in [-0.3, -0.25) is 9.00 Å². The van der Waals surface area contributed by atoms with Crippen LogP contribution >= 0.6 is 11.6 Å². The van der Waals surface area contributed by atoms with E-state index in [-0.39, 0.29) is 27.5 Å². The van der Waals surface area contributed by atoms with Crippen LogP contribution in [-0.2, 0) is 10.8 Å². The summed E-state index contributed by atoms with van der Waals surface area (Å²) in [6.07, 6.45) is 2.27. The lowest BCUT2D eigenvalue weighted by molar-refractivity contribution is 0.0953. The van der Waals surface area contributed by atoms with Crippen LogP contribution in [0.5, 0.6) is 5.75 Å². The molecule has 0 fully saturated rings. The number of rotatable bonds is 5. The zero-order valence-electron chi connectivity index (χ0n) is 10.3. The molecular formula is C12H16ClNO3S. The molecule has 1 amide bonds. The van der Waals surface area contributed by atoms with Crippen molar-refractivity contribution < 1.29 is 14.1 Å². The lowest BCUT2D eigenvalue weighted by atomic mass is 10.2. The van der Waals surface area contributed by atoms with Gasteiger partial charge in [0.05, 0.1) is 10.6 Å². The predicted octanol–water partition coefficient (Wildman–Crippen LogP) is 1.93. The molecule has 0 spiro atoms. The van der Waals surface area contributed by atoms with Crippen molar-refractivity contribution in [1.82, 2.24) is 5.32 Å². The van der Waals surface area contributed by atoms with Gasteiger partial charge in [-0.15, -0.1) is 0 Å². The van der Waals surface area contributed by atoms with Crippen LogP contribution in [0, 0.1) is 0 Å². The molecule has 0 radical (unpaired) electrons. The Kier molecular flexibility index (Phi) is 5.62. The van der Waals surface area contributed by atoms with Crippen molar-refractivity contribution in [2.45, 2.75) is 18.6 Å². The molecule has 1 aromatic carbocycles. The number of phenolic OH excluding ortho intramolecular Hbond substituents is 1. The summed E-state index contributed by atoms with van der Waals surface area (Å²) >= 11 is 5.86. The molecule has 6 heteroatoms. The molecule has 100 valence electrons. The Balaban J connectivity index is 2.55. The molecule has 0 aliphatic rings. The molecule has 0 heterocycles. The molecule has 0 bridgehead atoms. The van der Waals surface area contributed by atoms with Crippen LogP contribution in [0.4, 0.5) is 0 Å². The number of nitrogens with one attached hydrogen (secondary N) is 1. The molecule has 4 nitrogen and oxygen atoms in total. The first kappa shape index (κ1) is 15.0. The number of halogens is 1. The van der Waals surface area contributed by atoms with Gasteiger partial charge in [0.1, 0.15) is 5.75 Å². The minimum absolute atomic E-state index is 0.00687. The van der Waals surface area contributed by atoms with Gasteiger partial charge in [-0.2, -0.15) is 0 Å². The van der Waals surface area contributed by atoms with Crippen LogP contribution in [0.2, 0.25) is 5.02 Å². The summed E-state index contributed by atoms with van der Waals surface area (Å²) in [7, 11) is -0.895. The quantitative estimate of drug-likeness (QED) is 0.870. The van der Waals surface area contributed by atoms with Gasteiger partial charge in [-0.25, -0.2) is 0 Å².